The van der Waals surface area contributed by atoms with Crippen molar-refractivity contribution >= 4 is 40.0 Å². The van der Waals surface area contributed by atoms with Crippen molar-refractivity contribution < 1.29 is 14.4 Å². The molecule has 2 heterocycles. The Kier molecular flexibility index (Phi) is 8.56. The highest BCUT2D eigenvalue weighted by molar-refractivity contribution is 6.35. The Bertz CT molecular complexity index is 1130. The Hall–Kier alpha value is -2.18. The van der Waals surface area contributed by atoms with Crippen LogP contribution >= 0.6 is 11.6 Å². The molecule has 6 nitrogen and oxygen atoms in total. The number of Topliss-reactive ketones (excluding diaryl/α,β-unsaturated/α-hetero) is 2. The lowest BCUT2D eigenvalue weighted by Crippen LogP contribution is -2.45. The van der Waals surface area contributed by atoms with E-state index in [9.17, 15) is 14.4 Å². The minimum Gasteiger partial charge on any atom is -0.338 e. The zero-order chi connectivity index (χ0) is 26.0. The lowest BCUT2D eigenvalue weighted by Gasteiger charge is -2.35. The van der Waals surface area contributed by atoms with Gasteiger partial charge in [-0.2, -0.15) is 0 Å². The van der Waals surface area contributed by atoms with Gasteiger partial charge in [-0.1, -0.05) is 42.5 Å². The number of amides is 1. The van der Waals surface area contributed by atoms with E-state index in [2.05, 4.69) is 5.32 Å². The number of rotatable bonds is 9. The lowest BCUT2D eigenvalue weighted by molar-refractivity contribution is -0.141. The van der Waals surface area contributed by atoms with Crippen molar-refractivity contribution in [1.82, 2.24) is 14.8 Å². The van der Waals surface area contributed by atoms with Gasteiger partial charge in [0.2, 0.25) is 5.91 Å². The average Bonchev–Trinajstić information content (AvgIpc) is 3.44. The third-order valence-corrected chi connectivity index (χ3v) is 8.83. The minimum atomic E-state index is -0.262. The van der Waals surface area contributed by atoms with Crippen molar-refractivity contribution in [1.29, 1.82) is 0 Å². The Labute approximate surface area is 219 Å². The fraction of sp³-hybridized carbons (Fsp3) is 0.621. The Morgan fingerprint density at radius 2 is 1.83 bits per heavy atom. The van der Waals surface area contributed by atoms with Crippen molar-refractivity contribution in [2.75, 3.05) is 13.6 Å². The molecule has 3 unspecified atom stereocenters. The number of aromatic nitrogens is 1. The SMILES string of the molecule is CNC(C)C(=O)CC(C(=O)N1CCCC1Cn1c(Cl)c(C(C)=O)c2cc(C)ccc21)C1CCCCC1. The average molecular weight is 514 g/mol. The van der Waals surface area contributed by atoms with Gasteiger partial charge in [0.1, 0.15) is 10.9 Å². The van der Waals surface area contributed by atoms with E-state index in [1.165, 1.54) is 6.42 Å². The molecule has 1 aliphatic heterocycles. The molecule has 1 aromatic heterocycles. The molecule has 2 aliphatic rings. The van der Waals surface area contributed by atoms with Crippen LogP contribution in [0.5, 0.6) is 0 Å². The minimum absolute atomic E-state index is 0.00497. The fourth-order valence-corrected chi connectivity index (χ4v) is 6.63. The third-order valence-electron chi connectivity index (χ3n) is 8.43. The molecule has 4 rings (SSSR count). The summed E-state index contributed by atoms with van der Waals surface area (Å²) >= 11 is 6.80. The summed E-state index contributed by atoms with van der Waals surface area (Å²) in [5.74, 6) is 0.183. The summed E-state index contributed by atoms with van der Waals surface area (Å²) in [5.41, 5.74) is 2.56. The second kappa shape index (κ2) is 11.5. The van der Waals surface area contributed by atoms with Gasteiger partial charge in [0.05, 0.1) is 17.1 Å². The van der Waals surface area contributed by atoms with Crippen LogP contribution in [0.25, 0.3) is 10.9 Å². The second-order valence-electron chi connectivity index (χ2n) is 10.9. The number of fused-ring (bicyclic) bond motifs is 1. The van der Waals surface area contributed by atoms with Crippen molar-refractivity contribution in [3.8, 4) is 0 Å². The summed E-state index contributed by atoms with van der Waals surface area (Å²) in [4.78, 5) is 41.4. The highest BCUT2D eigenvalue weighted by atomic mass is 35.5. The third kappa shape index (κ3) is 5.40. The van der Waals surface area contributed by atoms with E-state index >= 15 is 0 Å². The fourth-order valence-electron chi connectivity index (χ4n) is 6.24. The van der Waals surface area contributed by atoms with Gasteiger partial charge in [-0.3, -0.25) is 14.4 Å². The molecule has 1 N–H and O–H groups in total. The summed E-state index contributed by atoms with van der Waals surface area (Å²) in [6.45, 7) is 6.69. The topological polar surface area (TPSA) is 71.4 Å². The maximum absolute atomic E-state index is 14.1. The Morgan fingerprint density at radius 3 is 2.50 bits per heavy atom. The molecule has 1 saturated heterocycles. The van der Waals surface area contributed by atoms with Crippen LogP contribution in [0.1, 0.15) is 81.1 Å². The van der Waals surface area contributed by atoms with Crippen molar-refractivity contribution in [3.05, 3.63) is 34.5 Å². The molecule has 0 radical (unpaired) electrons. The molecule has 1 amide bonds. The molecule has 36 heavy (non-hydrogen) atoms. The van der Waals surface area contributed by atoms with Crippen LogP contribution in [0.2, 0.25) is 5.15 Å². The summed E-state index contributed by atoms with van der Waals surface area (Å²) in [6, 6.07) is 5.81. The predicted octanol–water partition coefficient (Wildman–Crippen LogP) is 5.56. The van der Waals surface area contributed by atoms with E-state index < -0.39 is 0 Å². The van der Waals surface area contributed by atoms with E-state index in [0.29, 0.717) is 30.2 Å². The number of nitrogens with one attached hydrogen (secondary N) is 1. The predicted molar refractivity (Wildman–Crippen MR) is 145 cm³/mol. The van der Waals surface area contributed by atoms with Crippen molar-refractivity contribution in [2.45, 2.75) is 90.8 Å². The van der Waals surface area contributed by atoms with E-state index in [1.807, 2.05) is 41.5 Å². The number of hydrogen-bond donors (Lipinski definition) is 1. The summed E-state index contributed by atoms with van der Waals surface area (Å²) < 4.78 is 2.01. The number of carbonyl (C=O) groups is 3. The molecule has 1 saturated carbocycles. The molecular weight excluding hydrogens is 474 g/mol. The zero-order valence-electron chi connectivity index (χ0n) is 22.1. The van der Waals surface area contributed by atoms with Gasteiger partial charge >= 0.3 is 0 Å². The maximum atomic E-state index is 14.1. The van der Waals surface area contributed by atoms with Crippen molar-refractivity contribution in [3.63, 3.8) is 0 Å². The molecule has 1 aliphatic carbocycles. The number of ketones is 2. The van der Waals surface area contributed by atoms with Gasteiger partial charge in [-0.05, 0) is 71.6 Å². The van der Waals surface area contributed by atoms with Gasteiger partial charge in [0.15, 0.2) is 5.78 Å². The molecule has 0 bridgehead atoms. The largest absolute Gasteiger partial charge is 0.338 e. The van der Waals surface area contributed by atoms with Crippen LogP contribution in [-0.2, 0) is 16.1 Å². The number of likely N-dealkylation sites (tertiary alicyclic amines) is 1. The number of likely N-dealkylation sites (N-methyl/N-ethyl adjacent to an activating group) is 1. The molecular formula is C29H40ClN3O3. The number of benzene rings is 1. The first-order chi connectivity index (χ1) is 17.2. The van der Waals surface area contributed by atoms with Crippen LogP contribution < -0.4 is 5.32 Å². The number of hydrogen-bond acceptors (Lipinski definition) is 4. The quantitative estimate of drug-likeness (QED) is 0.445. The molecule has 2 aromatic rings. The number of halogens is 1. The maximum Gasteiger partial charge on any atom is 0.226 e. The van der Waals surface area contributed by atoms with Crippen LogP contribution in [0.3, 0.4) is 0 Å². The van der Waals surface area contributed by atoms with Gasteiger partial charge in [-0.25, -0.2) is 0 Å². The molecule has 1 aromatic carbocycles. The summed E-state index contributed by atoms with van der Waals surface area (Å²) in [6.07, 6.45) is 7.64. The highest BCUT2D eigenvalue weighted by Crippen LogP contribution is 2.37. The van der Waals surface area contributed by atoms with Crippen LogP contribution in [0.4, 0.5) is 0 Å². The summed E-state index contributed by atoms with van der Waals surface area (Å²) in [5, 5.41) is 4.36. The molecule has 3 atom stereocenters. The normalized spacial score (nSPS) is 20.6. The van der Waals surface area contributed by atoms with E-state index in [-0.39, 0.29) is 41.4 Å². The van der Waals surface area contributed by atoms with E-state index in [4.69, 9.17) is 11.6 Å². The highest BCUT2D eigenvalue weighted by Gasteiger charge is 2.39. The van der Waals surface area contributed by atoms with Crippen LogP contribution in [0.15, 0.2) is 18.2 Å². The number of aryl methyl sites for hydroxylation is 1. The van der Waals surface area contributed by atoms with E-state index in [1.54, 1.807) is 14.0 Å². The molecule has 0 spiro atoms. The molecule has 7 heteroatoms. The lowest BCUT2D eigenvalue weighted by atomic mass is 9.76. The first-order valence-corrected chi connectivity index (χ1v) is 13.9. The monoisotopic (exact) mass is 513 g/mol. The molecule has 196 valence electrons. The van der Waals surface area contributed by atoms with Gasteiger partial charge < -0.3 is 14.8 Å². The first kappa shape index (κ1) is 26.9. The van der Waals surface area contributed by atoms with Crippen LogP contribution in [-0.4, -0.2) is 52.6 Å². The zero-order valence-corrected chi connectivity index (χ0v) is 22.9. The Morgan fingerprint density at radius 1 is 1.11 bits per heavy atom. The first-order valence-electron chi connectivity index (χ1n) is 13.5. The number of nitrogens with zero attached hydrogens (tertiary/aromatic N) is 2. The smallest absolute Gasteiger partial charge is 0.226 e. The second-order valence-corrected chi connectivity index (χ2v) is 11.2. The van der Waals surface area contributed by atoms with Crippen molar-refractivity contribution in [2.24, 2.45) is 11.8 Å². The molecule has 2 fully saturated rings. The summed E-state index contributed by atoms with van der Waals surface area (Å²) in [7, 11) is 1.79. The van der Waals surface area contributed by atoms with Gasteiger partial charge in [0, 0.05) is 36.9 Å². The standard InChI is InChI=1S/C29H40ClN3O3/c1-18-12-13-25-24(15-18)27(20(3)34)28(30)33(25)17-22-11-8-14-32(22)29(36)23(16-26(35)19(2)31-4)21-9-6-5-7-10-21/h12-13,15,19,21-23,31H,5-11,14,16-17H2,1-4H3. The van der Waals surface area contributed by atoms with Gasteiger partial charge in [-0.15, -0.1) is 0 Å². The van der Waals surface area contributed by atoms with Crippen LogP contribution in [0, 0.1) is 18.8 Å². The van der Waals surface area contributed by atoms with E-state index in [0.717, 1.165) is 55.0 Å². The van der Waals surface area contributed by atoms with Gasteiger partial charge in [0.25, 0.3) is 0 Å². The number of carbonyl (C=O) groups excluding carboxylic acids is 3. The Balaban J connectivity index is 1.62.